The summed E-state index contributed by atoms with van der Waals surface area (Å²) in [7, 11) is 0. The van der Waals surface area contributed by atoms with E-state index in [0.29, 0.717) is 0 Å². The normalized spacial score (nSPS) is 2.80. The van der Waals surface area contributed by atoms with Crippen LogP contribution in [0.25, 0.3) is 0 Å². The highest BCUT2D eigenvalue weighted by molar-refractivity contribution is 5.20. The van der Waals surface area contributed by atoms with Crippen LogP contribution >= 0.6 is 0 Å². The van der Waals surface area contributed by atoms with Crippen molar-refractivity contribution < 1.29 is 14.8 Å². The zero-order valence-electron chi connectivity index (χ0n) is 2.34. The second-order valence-electron chi connectivity index (χ2n) is 0.0833. The summed E-state index contributed by atoms with van der Waals surface area (Å²) in [5, 5.41) is 6.50. The quantitative estimate of drug-likeness (QED) is 0.354. The molecule has 5 heavy (non-hydrogen) atoms. The van der Waals surface area contributed by atoms with E-state index in [2.05, 4.69) is 5.90 Å². The van der Waals surface area contributed by atoms with E-state index < -0.39 is 0 Å². The Hall–Kier alpha value is -0.700. The van der Waals surface area contributed by atoms with Gasteiger partial charge in [0, 0.05) is 0 Å². The molecule has 0 saturated carbocycles. The van der Waals surface area contributed by atoms with Crippen molar-refractivity contribution >= 4 is 6.15 Å². The third-order valence-corrected chi connectivity index (χ3v) is 0. The molecule has 4 heteroatoms. The van der Waals surface area contributed by atoms with E-state index in [9.17, 15) is 0 Å². The first kappa shape index (κ1) is 8.85. The maximum atomic E-state index is 8.12. The fourth-order valence-electron chi connectivity index (χ4n) is 0. The molecule has 0 aromatic carbocycles. The molecule has 0 aromatic heterocycles. The Morgan fingerprint density at radius 3 is 1.40 bits per heavy atom. The number of hydrogen-bond acceptors (Lipinski definition) is 4. The first-order valence-electron chi connectivity index (χ1n) is 0.666. The Balaban J connectivity index is 0. The summed E-state index contributed by atoms with van der Waals surface area (Å²) in [5.41, 5.74) is 0. The van der Waals surface area contributed by atoms with E-state index in [4.69, 9.17) is 14.8 Å². The SMILES string of the molecule is NO.O=C=O. The Kier molecular flexibility index (Phi) is 343. The first-order valence-corrected chi connectivity index (χ1v) is 0.666. The molecule has 0 aliphatic rings. The summed E-state index contributed by atoms with van der Waals surface area (Å²) >= 11 is 0. The van der Waals surface area contributed by atoms with Crippen LogP contribution < -0.4 is 5.90 Å². The Morgan fingerprint density at radius 2 is 1.40 bits per heavy atom. The van der Waals surface area contributed by atoms with Gasteiger partial charge in [-0.25, -0.2) is 5.90 Å². The number of nitrogens with two attached hydrogens (primary N) is 1. The summed E-state index contributed by atoms with van der Waals surface area (Å²) in [6.45, 7) is 0. The smallest absolute Gasteiger partial charge is 0.320 e. The van der Waals surface area contributed by atoms with Gasteiger partial charge < -0.3 is 5.21 Å². The summed E-state index contributed by atoms with van der Waals surface area (Å²) in [5.74, 6) is 3.50. The lowest BCUT2D eigenvalue weighted by molar-refractivity contribution is -0.191. The van der Waals surface area contributed by atoms with Crippen molar-refractivity contribution in [2.24, 2.45) is 5.90 Å². The van der Waals surface area contributed by atoms with Crippen LogP contribution in [0.15, 0.2) is 0 Å². The molecule has 0 atom stereocenters. The summed E-state index contributed by atoms with van der Waals surface area (Å²) in [6.07, 6.45) is 0.250. The molecule has 0 unspecified atom stereocenters. The molecule has 0 rings (SSSR count). The lowest BCUT2D eigenvalue weighted by atomic mass is 11.8. The van der Waals surface area contributed by atoms with Gasteiger partial charge >= 0.3 is 6.15 Å². The Morgan fingerprint density at radius 1 is 1.40 bits per heavy atom. The molecule has 0 aliphatic carbocycles. The van der Waals surface area contributed by atoms with Gasteiger partial charge in [0.15, 0.2) is 0 Å². The number of carbonyl (C=O) groups excluding carboxylic acids is 2. The zero-order valence-corrected chi connectivity index (χ0v) is 2.34. The van der Waals surface area contributed by atoms with Gasteiger partial charge in [0.2, 0.25) is 0 Å². The van der Waals surface area contributed by atoms with Gasteiger partial charge in [0.1, 0.15) is 0 Å². The maximum absolute atomic E-state index is 8.12. The molecule has 0 aromatic rings. The van der Waals surface area contributed by atoms with Crippen LogP contribution in [0.2, 0.25) is 0 Å². The average molecular weight is 77.0 g/mol. The van der Waals surface area contributed by atoms with Crippen molar-refractivity contribution in [3.05, 3.63) is 0 Å². The van der Waals surface area contributed by atoms with Gasteiger partial charge in [-0.2, -0.15) is 9.59 Å². The van der Waals surface area contributed by atoms with E-state index in [0.717, 1.165) is 0 Å². The molecule has 0 fully saturated rings. The van der Waals surface area contributed by atoms with Gasteiger partial charge in [0.05, 0.1) is 0 Å². The summed E-state index contributed by atoms with van der Waals surface area (Å²) < 4.78 is 0. The molecule has 0 amide bonds. The fourth-order valence-corrected chi connectivity index (χ4v) is 0. The van der Waals surface area contributed by atoms with Crippen LogP contribution in [-0.4, -0.2) is 11.4 Å². The molecule has 0 saturated heterocycles. The molecule has 0 spiro atoms. The molecule has 4 nitrogen and oxygen atoms in total. The van der Waals surface area contributed by atoms with Crippen LogP contribution in [0, 0.1) is 0 Å². The molecule has 0 aliphatic heterocycles. The average Bonchev–Trinajstić information content (AvgIpc) is 1.46. The minimum Gasteiger partial charge on any atom is -0.320 e. The van der Waals surface area contributed by atoms with Gasteiger partial charge in [-0.05, 0) is 0 Å². The molecular weight excluding hydrogens is 74.0 g/mol. The van der Waals surface area contributed by atoms with Gasteiger partial charge in [-0.3, -0.25) is 0 Å². The molecule has 0 heterocycles. The van der Waals surface area contributed by atoms with E-state index >= 15 is 0 Å². The fraction of sp³-hybridized carbons (Fsp3) is 0. The molecule has 3 N–H and O–H groups in total. The highest BCUT2D eigenvalue weighted by atomic mass is 16.4. The molecule has 0 radical (unpaired) electrons. The van der Waals surface area contributed by atoms with Crippen molar-refractivity contribution in [1.29, 1.82) is 0 Å². The van der Waals surface area contributed by atoms with Crippen molar-refractivity contribution in [3.63, 3.8) is 0 Å². The highest BCUT2D eigenvalue weighted by Crippen LogP contribution is 0.787. The Labute approximate surface area is 28.2 Å². The largest absolute Gasteiger partial charge is 0.373 e. The van der Waals surface area contributed by atoms with Crippen molar-refractivity contribution in [3.8, 4) is 0 Å². The monoisotopic (exact) mass is 77.0 g/mol. The van der Waals surface area contributed by atoms with Crippen molar-refractivity contribution in [2.45, 2.75) is 0 Å². The van der Waals surface area contributed by atoms with E-state index in [1.165, 1.54) is 0 Å². The van der Waals surface area contributed by atoms with Crippen LogP contribution in [0.5, 0.6) is 0 Å². The predicted octanol–water partition coefficient (Wildman–Crippen LogP) is -1.25. The zero-order chi connectivity index (χ0) is 4.71. The first-order chi connectivity index (χ1) is 2.41. The van der Waals surface area contributed by atoms with E-state index in [1.54, 1.807) is 0 Å². The topological polar surface area (TPSA) is 80.4 Å². The Bertz CT molecular complexity index is 27.9. The van der Waals surface area contributed by atoms with Gasteiger partial charge in [0.25, 0.3) is 0 Å². The van der Waals surface area contributed by atoms with Crippen molar-refractivity contribution in [2.75, 3.05) is 0 Å². The highest BCUT2D eigenvalue weighted by Gasteiger charge is 1.13. The van der Waals surface area contributed by atoms with Gasteiger partial charge in [-0.1, -0.05) is 0 Å². The summed E-state index contributed by atoms with van der Waals surface area (Å²) in [6, 6.07) is 0. The predicted molar refractivity (Wildman–Crippen MR) is 11.0 cm³/mol. The van der Waals surface area contributed by atoms with Crippen LogP contribution in [0.3, 0.4) is 0 Å². The minimum atomic E-state index is 0.250. The third kappa shape index (κ3) is 11.4. The summed E-state index contributed by atoms with van der Waals surface area (Å²) in [4.78, 5) is 16.2. The van der Waals surface area contributed by atoms with Gasteiger partial charge in [-0.15, -0.1) is 0 Å². The van der Waals surface area contributed by atoms with E-state index in [1.807, 2.05) is 0 Å². The second-order valence-corrected chi connectivity index (χ2v) is 0.0833. The number of hydrogen-bond donors (Lipinski definition) is 2. The molecular formula is CH3NO3. The third-order valence-electron chi connectivity index (χ3n) is 0. The van der Waals surface area contributed by atoms with Crippen LogP contribution in [0.4, 0.5) is 0 Å². The number of rotatable bonds is 0. The second kappa shape index (κ2) is 194. The van der Waals surface area contributed by atoms with E-state index in [-0.39, 0.29) is 6.15 Å². The minimum absolute atomic E-state index is 0.250. The lowest BCUT2D eigenvalue weighted by Crippen LogP contribution is -1.72. The van der Waals surface area contributed by atoms with Crippen LogP contribution in [-0.2, 0) is 9.59 Å². The standard InChI is InChI=1S/CO2.H3NO/c2-1-3;1-2/h;2H,1H2. The molecule has 0 bridgehead atoms. The molecule has 30 valence electrons. The van der Waals surface area contributed by atoms with Crippen LogP contribution in [0.1, 0.15) is 0 Å². The lowest BCUT2D eigenvalue weighted by Gasteiger charge is -1.27. The maximum Gasteiger partial charge on any atom is 0.373 e. The van der Waals surface area contributed by atoms with Crippen molar-refractivity contribution in [1.82, 2.24) is 0 Å².